The van der Waals surface area contributed by atoms with Crippen LogP contribution in [0.2, 0.25) is 0 Å². The highest BCUT2D eigenvalue weighted by Crippen LogP contribution is 2.02. The Kier molecular flexibility index (Phi) is 4.25. The maximum Gasteiger partial charge on any atom is 0.308 e. The number of aliphatic carboxylic acids is 1. The summed E-state index contributed by atoms with van der Waals surface area (Å²) >= 11 is 0. The van der Waals surface area contributed by atoms with Crippen molar-refractivity contribution in [3.05, 3.63) is 22.7 Å². The van der Waals surface area contributed by atoms with E-state index < -0.39 is 11.9 Å². The molecule has 1 aromatic rings. The van der Waals surface area contributed by atoms with Gasteiger partial charge in [0.15, 0.2) is 5.82 Å². The molecule has 2 N–H and O–H groups in total. The molecule has 0 bridgehead atoms. The summed E-state index contributed by atoms with van der Waals surface area (Å²) in [7, 11) is 0. The van der Waals surface area contributed by atoms with Gasteiger partial charge in [0.1, 0.15) is 0 Å². The van der Waals surface area contributed by atoms with Crippen molar-refractivity contribution in [2.75, 3.05) is 11.9 Å². The van der Waals surface area contributed by atoms with Crippen molar-refractivity contribution in [3.63, 3.8) is 0 Å². The summed E-state index contributed by atoms with van der Waals surface area (Å²) in [5.41, 5.74) is -0.236. The van der Waals surface area contributed by atoms with Gasteiger partial charge in [0.25, 0.3) is 5.56 Å². The highest BCUT2D eigenvalue weighted by Gasteiger charge is 2.12. The third-order valence-corrected chi connectivity index (χ3v) is 2.42. The van der Waals surface area contributed by atoms with E-state index in [-0.39, 0.29) is 24.0 Å². The summed E-state index contributed by atoms with van der Waals surface area (Å²) < 4.78 is 1.54. The van der Waals surface area contributed by atoms with Gasteiger partial charge in [0, 0.05) is 25.0 Å². The van der Waals surface area contributed by atoms with Gasteiger partial charge in [-0.3, -0.25) is 9.59 Å². The molecule has 0 aliphatic carbocycles. The number of carbonyl (C=O) groups is 1. The Bertz CT molecular complexity index is 454. The molecule has 1 heterocycles. The number of hydrogen-bond acceptors (Lipinski definition) is 4. The SMILES string of the molecule is CC(CNc1nccn(C(C)C)c1=O)C(=O)O. The molecule has 0 spiro atoms. The van der Waals surface area contributed by atoms with Crippen LogP contribution in [0.3, 0.4) is 0 Å². The highest BCUT2D eigenvalue weighted by molar-refractivity contribution is 5.70. The molecule has 6 nitrogen and oxygen atoms in total. The van der Waals surface area contributed by atoms with Crippen LogP contribution in [0.5, 0.6) is 0 Å². The van der Waals surface area contributed by atoms with Crippen molar-refractivity contribution in [3.8, 4) is 0 Å². The molecule has 6 heteroatoms. The molecule has 94 valence electrons. The average molecular weight is 239 g/mol. The van der Waals surface area contributed by atoms with E-state index in [1.54, 1.807) is 17.7 Å². The van der Waals surface area contributed by atoms with Gasteiger partial charge >= 0.3 is 5.97 Å². The van der Waals surface area contributed by atoms with Crippen LogP contribution < -0.4 is 10.9 Å². The summed E-state index contributed by atoms with van der Waals surface area (Å²) in [6.07, 6.45) is 3.13. The smallest absolute Gasteiger partial charge is 0.308 e. The van der Waals surface area contributed by atoms with Crippen LogP contribution in [0, 0.1) is 5.92 Å². The minimum Gasteiger partial charge on any atom is -0.481 e. The number of carboxylic acid groups (broad SMARTS) is 1. The van der Waals surface area contributed by atoms with Gasteiger partial charge in [-0.1, -0.05) is 6.92 Å². The van der Waals surface area contributed by atoms with Crippen LogP contribution in [0.15, 0.2) is 17.2 Å². The third kappa shape index (κ3) is 3.30. The number of rotatable bonds is 5. The molecule has 0 radical (unpaired) electrons. The van der Waals surface area contributed by atoms with Gasteiger partial charge in [0.05, 0.1) is 5.92 Å². The molecule has 0 saturated heterocycles. The van der Waals surface area contributed by atoms with Gasteiger partial charge in [-0.15, -0.1) is 0 Å². The quantitative estimate of drug-likeness (QED) is 0.799. The lowest BCUT2D eigenvalue weighted by Gasteiger charge is -2.12. The van der Waals surface area contributed by atoms with E-state index in [1.807, 2.05) is 13.8 Å². The van der Waals surface area contributed by atoms with E-state index in [0.717, 1.165) is 0 Å². The molecule has 0 aromatic carbocycles. The first-order valence-corrected chi connectivity index (χ1v) is 5.47. The molecule has 0 aliphatic rings. The summed E-state index contributed by atoms with van der Waals surface area (Å²) in [4.78, 5) is 26.4. The van der Waals surface area contributed by atoms with E-state index in [2.05, 4.69) is 10.3 Å². The first-order chi connectivity index (χ1) is 7.93. The van der Waals surface area contributed by atoms with Crippen LogP contribution in [-0.2, 0) is 4.79 Å². The number of nitrogens with zero attached hydrogens (tertiary/aromatic N) is 2. The maximum absolute atomic E-state index is 11.9. The second kappa shape index (κ2) is 5.47. The molecule has 1 rings (SSSR count). The molecule has 0 fully saturated rings. The zero-order valence-corrected chi connectivity index (χ0v) is 10.2. The monoisotopic (exact) mass is 239 g/mol. The van der Waals surface area contributed by atoms with E-state index in [1.165, 1.54) is 6.20 Å². The number of aromatic nitrogens is 2. The number of anilines is 1. The van der Waals surface area contributed by atoms with Gasteiger partial charge in [-0.2, -0.15) is 0 Å². The van der Waals surface area contributed by atoms with Crippen LogP contribution in [0.25, 0.3) is 0 Å². The van der Waals surface area contributed by atoms with Crippen molar-refractivity contribution in [1.29, 1.82) is 0 Å². The Morgan fingerprint density at radius 1 is 1.53 bits per heavy atom. The fourth-order valence-electron chi connectivity index (χ4n) is 1.29. The molecule has 1 aromatic heterocycles. The molecular formula is C11H17N3O3. The first-order valence-electron chi connectivity index (χ1n) is 5.47. The summed E-state index contributed by atoms with van der Waals surface area (Å²) in [6, 6.07) is 0.0444. The minimum absolute atomic E-state index is 0.0444. The van der Waals surface area contributed by atoms with Gasteiger partial charge in [-0.05, 0) is 13.8 Å². The zero-order valence-electron chi connectivity index (χ0n) is 10.2. The molecule has 17 heavy (non-hydrogen) atoms. The van der Waals surface area contributed by atoms with Crippen molar-refractivity contribution in [2.45, 2.75) is 26.8 Å². The van der Waals surface area contributed by atoms with E-state index in [4.69, 9.17) is 5.11 Å². The molecule has 1 unspecified atom stereocenters. The second-order valence-corrected chi connectivity index (χ2v) is 4.20. The standard InChI is InChI=1S/C11H17N3O3/c1-7(2)14-5-4-12-9(10(14)15)13-6-8(3)11(16)17/h4-5,7-8H,6H2,1-3H3,(H,12,13)(H,16,17). The minimum atomic E-state index is -0.905. The van der Waals surface area contributed by atoms with Gasteiger partial charge in [0.2, 0.25) is 0 Å². The summed E-state index contributed by atoms with van der Waals surface area (Å²) in [5, 5.41) is 11.5. The molecule has 1 atom stereocenters. The highest BCUT2D eigenvalue weighted by atomic mass is 16.4. The fourth-order valence-corrected chi connectivity index (χ4v) is 1.29. The van der Waals surface area contributed by atoms with E-state index in [9.17, 15) is 9.59 Å². The summed E-state index contributed by atoms with van der Waals surface area (Å²) in [6.45, 7) is 5.54. The molecule has 0 saturated carbocycles. The largest absolute Gasteiger partial charge is 0.481 e. The Labute approximate surface area is 99.3 Å². The van der Waals surface area contributed by atoms with Crippen LogP contribution in [-0.4, -0.2) is 27.2 Å². The predicted octanol–water partition coefficient (Wildman–Crippen LogP) is 0.957. The Morgan fingerprint density at radius 2 is 2.18 bits per heavy atom. The molecule has 0 amide bonds. The van der Waals surface area contributed by atoms with Crippen molar-refractivity contribution >= 4 is 11.8 Å². The predicted molar refractivity (Wildman–Crippen MR) is 64.2 cm³/mol. The van der Waals surface area contributed by atoms with E-state index >= 15 is 0 Å². The van der Waals surface area contributed by atoms with Crippen LogP contribution in [0.1, 0.15) is 26.8 Å². The van der Waals surface area contributed by atoms with Gasteiger partial charge in [-0.25, -0.2) is 4.98 Å². The second-order valence-electron chi connectivity index (χ2n) is 4.20. The third-order valence-electron chi connectivity index (χ3n) is 2.42. The Morgan fingerprint density at radius 3 is 2.71 bits per heavy atom. The Balaban J connectivity index is 2.83. The fraction of sp³-hybridized carbons (Fsp3) is 0.545. The van der Waals surface area contributed by atoms with Crippen molar-refractivity contribution in [1.82, 2.24) is 9.55 Å². The number of nitrogens with one attached hydrogen (secondary N) is 1. The van der Waals surface area contributed by atoms with E-state index in [0.29, 0.717) is 0 Å². The molecular weight excluding hydrogens is 222 g/mol. The number of hydrogen-bond donors (Lipinski definition) is 2. The van der Waals surface area contributed by atoms with Crippen LogP contribution >= 0.6 is 0 Å². The summed E-state index contributed by atoms with van der Waals surface area (Å²) in [5.74, 6) is -1.28. The topological polar surface area (TPSA) is 84.2 Å². The average Bonchev–Trinajstić information content (AvgIpc) is 2.26. The lowest BCUT2D eigenvalue weighted by molar-refractivity contribution is -0.140. The van der Waals surface area contributed by atoms with Crippen molar-refractivity contribution in [2.24, 2.45) is 5.92 Å². The first kappa shape index (κ1) is 13.2. The van der Waals surface area contributed by atoms with Crippen molar-refractivity contribution < 1.29 is 9.90 Å². The normalized spacial score (nSPS) is 12.5. The lowest BCUT2D eigenvalue weighted by Crippen LogP contribution is -2.28. The maximum atomic E-state index is 11.9. The zero-order chi connectivity index (χ0) is 13.0. The lowest BCUT2D eigenvalue weighted by atomic mass is 10.2. The van der Waals surface area contributed by atoms with Gasteiger partial charge < -0.3 is 15.0 Å². The Hall–Kier alpha value is -1.85. The number of carboxylic acids is 1. The molecule has 0 aliphatic heterocycles. The van der Waals surface area contributed by atoms with Crippen LogP contribution in [0.4, 0.5) is 5.82 Å².